The van der Waals surface area contributed by atoms with Crippen LogP contribution in [0.25, 0.3) is 0 Å². The lowest BCUT2D eigenvalue weighted by Crippen LogP contribution is -2.43. The number of hydrogen-bond acceptors (Lipinski definition) is 6. The molecule has 0 N–H and O–H groups in total. The molecule has 31 heavy (non-hydrogen) atoms. The van der Waals surface area contributed by atoms with Gasteiger partial charge in [-0.1, -0.05) is 19.6 Å². The molecule has 0 unspecified atom stereocenters. The third-order valence-corrected chi connectivity index (χ3v) is 5.30. The van der Waals surface area contributed by atoms with Crippen LogP contribution in [0.3, 0.4) is 0 Å². The molecule has 2 amide bonds. The summed E-state index contributed by atoms with van der Waals surface area (Å²) in [5.41, 5.74) is -1.00. The van der Waals surface area contributed by atoms with Crippen LogP contribution >= 0.6 is 0 Å². The van der Waals surface area contributed by atoms with E-state index in [1.165, 1.54) is 11.1 Å². The molecular weight excluding hydrogens is 414 g/mol. The summed E-state index contributed by atoms with van der Waals surface area (Å²) in [5, 5.41) is 0. The van der Waals surface area contributed by atoms with Gasteiger partial charge in [0.15, 0.2) is 5.84 Å². The molecule has 1 aromatic rings. The summed E-state index contributed by atoms with van der Waals surface area (Å²) in [6.45, 7) is 17.6. The SMILES string of the molecule is CC(C)(C)OC(=O)/N=C(\c1cccnc1)N(COCC[Si](C)(C)C)C(=O)OC(C)(C)C. The van der Waals surface area contributed by atoms with Crippen molar-refractivity contribution in [3.8, 4) is 0 Å². The lowest BCUT2D eigenvalue weighted by Gasteiger charge is -2.28. The first kappa shape index (κ1) is 26.8. The standard InChI is InChI=1S/C22H37N3O5Si/c1-21(2,3)29-19(26)24-18(17-11-10-12-23-15-17)25(20(27)30-22(4,5)6)16-28-13-14-31(7,8)9/h10-12,15H,13-14,16H2,1-9H3/b24-18+. The number of hydrogen-bond donors (Lipinski definition) is 0. The summed E-state index contributed by atoms with van der Waals surface area (Å²) < 4.78 is 16.7. The van der Waals surface area contributed by atoms with Gasteiger partial charge in [-0.2, -0.15) is 4.99 Å². The van der Waals surface area contributed by atoms with E-state index in [0.29, 0.717) is 12.2 Å². The number of rotatable bonds is 6. The van der Waals surface area contributed by atoms with Gasteiger partial charge in [0.2, 0.25) is 0 Å². The molecule has 1 rings (SSSR count). The number of ether oxygens (including phenoxy) is 3. The fraction of sp³-hybridized carbons (Fsp3) is 0.636. The molecule has 0 aliphatic heterocycles. The number of amides is 2. The Bertz CT molecular complexity index is 762. The molecule has 0 aliphatic carbocycles. The minimum Gasteiger partial charge on any atom is -0.443 e. The molecule has 0 aliphatic rings. The zero-order valence-electron chi connectivity index (χ0n) is 20.3. The first-order valence-corrected chi connectivity index (χ1v) is 14.1. The Morgan fingerprint density at radius 2 is 1.68 bits per heavy atom. The van der Waals surface area contributed by atoms with Gasteiger partial charge in [-0.25, -0.2) is 14.5 Å². The molecule has 0 atom stereocenters. The summed E-state index contributed by atoms with van der Waals surface area (Å²) >= 11 is 0. The third kappa shape index (κ3) is 11.6. The average Bonchev–Trinajstić information content (AvgIpc) is 2.57. The molecule has 0 aromatic carbocycles. The number of amidine groups is 1. The van der Waals surface area contributed by atoms with E-state index in [-0.39, 0.29) is 12.6 Å². The van der Waals surface area contributed by atoms with Crippen LogP contribution in [-0.2, 0) is 14.2 Å². The normalized spacial score (nSPS) is 13.0. The minimum atomic E-state index is -1.31. The van der Waals surface area contributed by atoms with Gasteiger partial charge < -0.3 is 14.2 Å². The zero-order valence-corrected chi connectivity index (χ0v) is 21.3. The quantitative estimate of drug-likeness (QED) is 0.191. The largest absolute Gasteiger partial charge is 0.443 e. The number of nitrogens with zero attached hydrogens (tertiary/aromatic N) is 3. The van der Waals surface area contributed by atoms with Crippen molar-refractivity contribution in [3.63, 3.8) is 0 Å². The predicted molar refractivity (Wildman–Crippen MR) is 124 cm³/mol. The Labute approximate surface area is 187 Å². The Morgan fingerprint density at radius 3 is 2.16 bits per heavy atom. The molecule has 0 saturated heterocycles. The van der Waals surface area contributed by atoms with Gasteiger partial charge in [-0.15, -0.1) is 0 Å². The fourth-order valence-corrected chi connectivity index (χ4v) is 2.96. The van der Waals surface area contributed by atoms with Crippen molar-refractivity contribution < 1.29 is 23.8 Å². The van der Waals surface area contributed by atoms with Crippen LogP contribution < -0.4 is 0 Å². The molecule has 8 nitrogen and oxygen atoms in total. The number of carbonyl (C=O) groups excluding carboxylic acids is 2. The van der Waals surface area contributed by atoms with Gasteiger partial charge in [0, 0.05) is 32.6 Å². The molecule has 0 saturated carbocycles. The lowest BCUT2D eigenvalue weighted by atomic mass is 10.2. The first-order chi connectivity index (χ1) is 14.1. The Hall–Kier alpha value is -2.26. The number of aromatic nitrogens is 1. The number of carbonyl (C=O) groups is 2. The van der Waals surface area contributed by atoms with E-state index < -0.39 is 31.5 Å². The molecule has 0 radical (unpaired) electrons. The van der Waals surface area contributed by atoms with E-state index in [4.69, 9.17) is 14.2 Å². The maximum atomic E-state index is 13.0. The maximum Gasteiger partial charge on any atom is 0.436 e. The van der Waals surface area contributed by atoms with Crippen molar-refractivity contribution >= 4 is 26.1 Å². The van der Waals surface area contributed by atoms with Crippen LogP contribution in [0.4, 0.5) is 9.59 Å². The number of aliphatic imine (C=N–C) groups is 1. The van der Waals surface area contributed by atoms with Crippen LogP contribution in [0.15, 0.2) is 29.5 Å². The molecule has 0 spiro atoms. The van der Waals surface area contributed by atoms with Gasteiger partial charge in [0.25, 0.3) is 0 Å². The molecule has 1 heterocycles. The second kappa shape index (κ2) is 10.9. The van der Waals surface area contributed by atoms with E-state index in [2.05, 4.69) is 29.6 Å². The predicted octanol–water partition coefficient (Wildman–Crippen LogP) is 5.31. The summed E-state index contributed by atoms with van der Waals surface area (Å²) in [7, 11) is -1.31. The monoisotopic (exact) mass is 451 g/mol. The van der Waals surface area contributed by atoms with Crippen molar-refractivity contribution in [2.24, 2.45) is 4.99 Å². The zero-order chi connectivity index (χ0) is 23.9. The van der Waals surface area contributed by atoms with Gasteiger partial charge in [-0.05, 0) is 59.7 Å². The first-order valence-electron chi connectivity index (χ1n) is 10.4. The van der Waals surface area contributed by atoms with Crippen LogP contribution in [-0.4, -0.2) is 60.5 Å². The van der Waals surface area contributed by atoms with Gasteiger partial charge in [0.1, 0.15) is 17.9 Å². The van der Waals surface area contributed by atoms with E-state index in [1.807, 2.05) is 0 Å². The molecule has 9 heteroatoms. The highest BCUT2D eigenvalue weighted by Crippen LogP contribution is 2.16. The van der Waals surface area contributed by atoms with Crippen molar-refractivity contribution in [1.82, 2.24) is 9.88 Å². The van der Waals surface area contributed by atoms with Crippen molar-refractivity contribution in [1.29, 1.82) is 0 Å². The van der Waals surface area contributed by atoms with Crippen molar-refractivity contribution in [2.75, 3.05) is 13.3 Å². The smallest absolute Gasteiger partial charge is 0.436 e. The van der Waals surface area contributed by atoms with Crippen molar-refractivity contribution in [2.45, 2.75) is 78.4 Å². The van der Waals surface area contributed by atoms with E-state index in [0.717, 1.165) is 6.04 Å². The fourth-order valence-electron chi connectivity index (χ4n) is 2.20. The van der Waals surface area contributed by atoms with Crippen LogP contribution in [0, 0.1) is 0 Å². The second-order valence-electron chi connectivity index (χ2n) is 10.4. The average molecular weight is 452 g/mol. The molecule has 0 bridgehead atoms. The summed E-state index contributed by atoms with van der Waals surface area (Å²) in [5.74, 6) is 0.0598. The highest BCUT2D eigenvalue weighted by molar-refractivity contribution is 6.76. The minimum absolute atomic E-state index is 0.0598. The van der Waals surface area contributed by atoms with Crippen LogP contribution in [0.1, 0.15) is 47.1 Å². The van der Waals surface area contributed by atoms with E-state index in [9.17, 15) is 9.59 Å². The summed E-state index contributed by atoms with van der Waals surface area (Å²) in [6.07, 6.45) is 1.62. The molecule has 0 fully saturated rings. The topological polar surface area (TPSA) is 90.3 Å². The van der Waals surface area contributed by atoms with Gasteiger partial charge in [-0.3, -0.25) is 4.98 Å². The number of pyridine rings is 1. The molecular formula is C22H37N3O5Si. The highest BCUT2D eigenvalue weighted by atomic mass is 28.3. The highest BCUT2D eigenvalue weighted by Gasteiger charge is 2.29. The van der Waals surface area contributed by atoms with Crippen LogP contribution in [0.2, 0.25) is 25.7 Å². The molecule has 174 valence electrons. The van der Waals surface area contributed by atoms with Crippen molar-refractivity contribution in [3.05, 3.63) is 30.1 Å². The van der Waals surface area contributed by atoms with E-state index in [1.54, 1.807) is 59.9 Å². The van der Waals surface area contributed by atoms with E-state index >= 15 is 0 Å². The van der Waals surface area contributed by atoms with Gasteiger partial charge >= 0.3 is 12.2 Å². The molecule has 1 aromatic heterocycles. The Balaban J connectivity index is 3.28. The Kier molecular flexibility index (Phi) is 9.38. The van der Waals surface area contributed by atoms with Crippen LogP contribution in [0.5, 0.6) is 0 Å². The summed E-state index contributed by atoms with van der Waals surface area (Å²) in [6, 6.07) is 4.33. The van der Waals surface area contributed by atoms with Gasteiger partial charge in [0.05, 0.1) is 0 Å². The third-order valence-electron chi connectivity index (χ3n) is 3.60. The second-order valence-corrected chi connectivity index (χ2v) is 16.0. The Morgan fingerprint density at radius 1 is 1.06 bits per heavy atom. The summed E-state index contributed by atoms with van der Waals surface area (Å²) in [4.78, 5) is 34.9. The maximum absolute atomic E-state index is 13.0. The lowest BCUT2D eigenvalue weighted by molar-refractivity contribution is 0.0105.